The highest BCUT2D eigenvalue weighted by atomic mass is 19.2. The van der Waals surface area contributed by atoms with Crippen LogP contribution in [0.2, 0.25) is 0 Å². The summed E-state index contributed by atoms with van der Waals surface area (Å²) >= 11 is 0. The molecule has 0 unspecified atom stereocenters. The summed E-state index contributed by atoms with van der Waals surface area (Å²) in [4.78, 5) is 25.3. The molecule has 0 aliphatic carbocycles. The average molecular weight is 258 g/mol. The molecule has 0 saturated carbocycles. The Balaban J connectivity index is 2.47. The Hall–Kier alpha value is -2.43. The number of amides is 2. The van der Waals surface area contributed by atoms with E-state index in [1.54, 1.807) is 30.3 Å². The van der Waals surface area contributed by atoms with Gasteiger partial charge in [-0.15, -0.1) is 4.48 Å². The highest BCUT2D eigenvalue weighted by Crippen LogP contribution is 2.35. The zero-order valence-corrected chi connectivity index (χ0v) is 10.5. The zero-order chi connectivity index (χ0) is 13.7. The highest BCUT2D eigenvalue weighted by Gasteiger charge is 2.30. The van der Waals surface area contributed by atoms with Gasteiger partial charge in [0.05, 0.1) is 5.69 Å². The van der Waals surface area contributed by atoms with Gasteiger partial charge in [-0.25, -0.2) is 5.12 Å². The van der Waals surface area contributed by atoms with Crippen molar-refractivity contribution in [2.24, 2.45) is 0 Å². The fourth-order valence-electron chi connectivity index (χ4n) is 2.47. The summed E-state index contributed by atoms with van der Waals surface area (Å²) in [5.41, 5.74) is 1.20. The Morgan fingerprint density at radius 2 is 1.68 bits per heavy atom. The first kappa shape index (κ1) is 11.6. The summed E-state index contributed by atoms with van der Waals surface area (Å²) in [5, 5.41) is 1.57. The molecule has 0 atom stereocenters. The predicted molar refractivity (Wildman–Crippen MR) is 69.9 cm³/mol. The monoisotopic (exact) mass is 258 g/mol. The first-order chi connectivity index (χ1) is 9.02. The van der Waals surface area contributed by atoms with E-state index in [9.17, 15) is 14.1 Å². The summed E-state index contributed by atoms with van der Waals surface area (Å²) in [6.45, 7) is 0. The number of rotatable bonds is 1. The Labute approximate surface area is 109 Å². The van der Waals surface area contributed by atoms with Gasteiger partial charge in [0.1, 0.15) is 0 Å². The van der Waals surface area contributed by atoms with Crippen LogP contribution in [0.3, 0.4) is 0 Å². The lowest BCUT2D eigenvalue weighted by atomic mass is 9.93. The molecule has 19 heavy (non-hydrogen) atoms. The molecule has 0 aromatic heterocycles. The van der Waals surface area contributed by atoms with E-state index >= 15 is 0 Å². The third-order valence-corrected chi connectivity index (χ3v) is 3.42. The normalized spacial score (nSPS) is 14.2. The van der Waals surface area contributed by atoms with Crippen LogP contribution in [0.25, 0.3) is 10.8 Å². The molecule has 3 rings (SSSR count). The number of benzene rings is 2. The number of hydrogen-bond donors (Lipinski definition) is 0. The molecule has 1 aliphatic heterocycles. The molecule has 96 valence electrons. The van der Waals surface area contributed by atoms with Crippen molar-refractivity contribution < 1.29 is 14.1 Å². The van der Waals surface area contributed by atoms with Crippen molar-refractivity contribution in [1.29, 1.82) is 0 Å². The van der Waals surface area contributed by atoms with Gasteiger partial charge < -0.3 is 0 Å². The lowest BCUT2D eigenvalue weighted by molar-refractivity contribution is 0.0650. The van der Waals surface area contributed by atoms with Crippen LogP contribution in [0.5, 0.6) is 0 Å². The Kier molecular flexibility index (Phi) is 2.32. The lowest BCUT2D eigenvalue weighted by Crippen LogP contribution is -2.36. The smallest absolute Gasteiger partial charge is 0.261 e. The molecule has 2 aromatic rings. The number of nitrogens with zero attached hydrogens (tertiary/aromatic N) is 2. The molecule has 1 heterocycles. The maximum atomic E-state index is 13.5. The van der Waals surface area contributed by atoms with Gasteiger partial charge in [0, 0.05) is 36.0 Å². The minimum Gasteiger partial charge on any atom is -0.277 e. The molecular formula is C14H11FN2O2. The summed E-state index contributed by atoms with van der Waals surface area (Å²) in [6, 6.07) is 8.15. The fraction of sp³-hybridized carbons (Fsp3) is 0.143. The number of imide groups is 1. The number of carbonyl (C=O) groups is 2. The van der Waals surface area contributed by atoms with Crippen molar-refractivity contribution in [3.63, 3.8) is 0 Å². The van der Waals surface area contributed by atoms with Crippen LogP contribution in [0.15, 0.2) is 30.3 Å². The molecule has 1 aliphatic rings. The van der Waals surface area contributed by atoms with Crippen molar-refractivity contribution in [2.45, 2.75) is 0 Å². The van der Waals surface area contributed by atoms with Gasteiger partial charge in [0.2, 0.25) is 0 Å². The Morgan fingerprint density at radius 3 is 2.32 bits per heavy atom. The third kappa shape index (κ3) is 1.44. The molecule has 0 bridgehead atoms. The van der Waals surface area contributed by atoms with Crippen LogP contribution < -0.4 is 5.12 Å². The van der Waals surface area contributed by atoms with Gasteiger partial charge in [0.15, 0.2) is 0 Å². The van der Waals surface area contributed by atoms with E-state index in [4.69, 9.17) is 0 Å². The molecule has 0 saturated heterocycles. The fourth-order valence-corrected chi connectivity index (χ4v) is 2.47. The number of anilines is 1. The van der Waals surface area contributed by atoms with E-state index in [0.717, 1.165) is 4.90 Å². The van der Waals surface area contributed by atoms with Crippen molar-refractivity contribution in [2.75, 3.05) is 19.2 Å². The molecule has 0 spiro atoms. The van der Waals surface area contributed by atoms with Crippen LogP contribution >= 0.6 is 0 Å². The molecule has 0 N–H and O–H groups in total. The van der Waals surface area contributed by atoms with Crippen LogP contribution in [0, 0.1) is 0 Å². The molecule has 0 radical (unpaired) electrons. The van der Waals surface area contributed by atoms with Gasteiger partial charge >= 0.3 is 0 Å². The minimum absolute atomic E-state index is 0.339. The molecule has 4 nitrogen and oxygen atoms in total. The Bertz CT molecular complexity index is 702. The largest absolute Gasteiger partial charge is 0.277 e. The van der Waals surface area contributed by atoms with Crippen LogP contribution in [-0.4, -0.2) is 30.8 Å². The number of halogens is 1. The van der Waals surface area contributed by atoms with E-state index in [-0.39, 0.29) is 11.8 Å². The van der Waals surface area contributed by atoms with Crippen molar-refractivity contribution in [1.82, 2.24) is 4.90 Å². The highest BCUT2D eigenvalue weighted by molar-refractivity contribution is 6.26. The average Bonchev–Trinajstić information content (AvgIpc) is 2.41. The van der Waals surface area contributed by atoms with Gasteiger partial charge in [-0.05, 0) is 18.2 Å². The van der Waals surface area contributed by atoms with Crippen LogP contribution in [0.4, 0.5) is 10.2 Å². The summed E-state index contributed by atoms with van der Waals surface area (Å²) < 4.78 is 13.5. The van der Waals surface area contributed by atoms with Crippen molar-refractivity contribution in [3.8, 4) is 0 Å². The van der Waals surface area contributed by atoms with E-state index < -0.39 is 0 Å². The van der Waals surface area contributed by atoms with E-state index in [1.807, 2.05) is 0 Å². The zero-order valence-electron chi connectivity index (χ0n) is 10.5. The van der Waals surface area contributed by atoms with E-state index in [1.165, 1.54) is 14.1 Å². The van der Waals surface area contributed by atoms with Crippen molar-refractivity contribution in [3.05, 3.63) is 41.5 Å². The predicted octanol–water partition coefficient (Wildman–Crippen LogP) is 2.39. The van der Waals surface area contributed by atoms with Gasteiger partial charge in [-0.2, -0.15) is 0 Å². The van der Waals surface area contributed by atoms with Gasteiger partial charge in [-0.3, -0.25) is 14.5 Å². The number of carbonyl (C=O) groups excluding carboxylic acids is 2. The standard InChI is InChI=1S/C14H11FN2O2/c1-16-13(18)9-5-3-4-8-11(17(2)15)7-6-10(12(8)9)14(16)19/h3-7H,1-2H3. The summed E-state index contributed by atoms with van der Waals surface area (Å²) in [6.07, 6.45) is 0. The van der Waals surface area contributed by atoms with Crippen molar-refractivity contribution >= 4 is 28.3 Å². The molecule has 5 heteroatoms. The second-order valence-electron chi connectivity index (χ2n) is 4.51. The SMILES string of the molecule is CN1C(=O)c2cccc3c(N(C)F)ccc(c23)C1=O. The van der Waals surface area contributed by atoms with Crippen LogP contribution in [0.1, 0.15) is 20.7 Å². The second-order valence-corrected chi connectivity index (χ2v) is 4.51. The first-order valence-electron chi connectivity index (χ1n) is 5.80. The summed E-state index contributed by atoms with van der Waals surface area (Å²) in [7, 11) is 2.73. The van der Waals surface area contributed by atoms with Crippen LogP contribution in [-0.2, 0) is 0 Å². The number of hydrogen-bond acceptors (Lipinski definition) is 3. The Morgan fingerprint density at radius 1 is 1.05 bits per heavy atom. The maximum Gasteiger partial charge on any atom is 0.261 e. The topological polar surface area (TPSA) is 40.6 Å². The summed E-state index contributed by atoms with van der Waals surface area (Å²) in [5.74, 6) is -0.719. The maximum absolute atomic E-state index is 13.5. The minimum atomic E-state index is -0.359. The molecule has 2 aromatic carbocycles. The molecule has 0 fully saturated rings. The van der Waals surface area contributed by atoms with Gasteiger partial charge in [0.25, 0.3) is 11.8 Å². The second kappa shape index (κ2) is 3.78. The quantitative estimate of drug-likeness (QED) is 0.582. The first-order valence-corrected chi connectivity index (χ1v) is 5.80. The lowest BCUT2D eigenvalue weighted by Gasteiger charge is -2.25. The third-order valence-electron chi connectivity index (χ3n) is 3.42. The van der Waals surface area contributed by atoms with Gasteiger partial charge in [-0.1, -0.05) is 12.1 Å². The van der Waals surface area contributed by atoms with E-state index in [2.05, 4.69) is 0 Å². The molecular weight excluding hydrogens is 247 g/mol. The van der Waals surface area contributed by atoms with E-state index in [0.29, 0.717) is 32.7 Å². The molecule has 2 amide bonds.